The minimum Gasteiger partial charge on any atom is -0.356 e. The molecule has 1 aromatic heterocycles. The summed E-state index contributed by atoms with van der Waals surface area (Å²) in [6.45, 7) is 4.70. The quantitative estimate of drug-likeness (QED) is 0.682. The molecule has 2 saturated heterocycles. The molecule has 3 aliphatic rings. The number of likely N-dealkylation sites (tertiary alicyclic amines) is 1. The Bertz CT molecular complexity index is 1000. The van der Waals surface area contributed by atoms with Crippen LogP contribution in [0.25, 0.3) is 0 Å². The van der Waals surface area contributed by atoms with Crippen LogP contribution < -0.4 is 10.6 Å². The molecule has 4 rings (SSSR count). The predicted molar refractivity (Wildman–Crippen MR) is 106 cm³/mol. The Kier molecular flexibility index (Phi) is 5.43. The number of nitriles is 1. The second-order valence-electron chi connectivity index (χ2n) is 9.09. The van der Waals surface area contributed by atoms with E-state index in [1.54, 1.807) is 0 Å². The summed E-state index contributed by atoms with van der Waals surface area (Å²) in [4.78, 5) is 42.6. The van der Waals surface area contributed by atoms with Gasteiger partial charge in [0.1, 0.15) is 12.1 Å². The van der Waals surface area contributed by atoms with Gasteiger partial charge in [-0.2, -0.15) is 18.4 Å². The molecule has 1 saturated carbocycles. The van der Waals surface area contributed by atoms with Crippen LogP contribution in [-0.4, -0.2) is 52.8 Å². The van der Waals surface area contributed by atoms with Crippen LogP contribution in [0.3, 0.4) is 0 Å². The van der Waals surface area contributed by atoms with Gasteiger partial charge in [0.2, 0.25) is 11.8 Å². The summed E-state index contributed by atoms with van der Waals surface area (Å²) >= 11 is 0.590. The van der Waals surface area contributed by atoms with Gasteiger partial charge in [-0.1, -0.05) is 13.8 Å². The minimum atomic E-state index is -4.66. The van der Waals surface area contributed by atoms with Crippen LogP contribution in [0, 0.1) is 34.5 Å². The maximum atomic E-state index is 13.2. The number of thiazole rings is 1. The number of nitrogens with one attached hydrogen (secondary N) is 2. The van der Waals surface area contributed by atoms with E-state index in [1.165, 1.54) is 4.90 Å². The molecule has 1 unspecified atom stereocenters. The molecule has 1 aliphatic carbocycles. The number of hydrogen-bond donors (Lipinski definition) is 2. The van der Waals surface area contributed by atoms with Crippen molar-refractivity contribution in [3.8, 4) is 6.07 Å². The number of carbonyl (C=O) groups excluding carboxylic acids is 3. The van der Waals surface area contributed by atoms with E-state index in [0.717, 1.165) is 5.38 Å². The van der Waals surface area contributed by atoms with Crippen LogP contribution in [0.1, 0.15) is 42.2 Å². The number of fused-ring (bicyclic) bond motifs is 1. The summed E-state index contributed by atoms with van der Waals surface area (Å²) in [7, 11) is 0. The van der Waals surface area contributed by atoms with Crippen molar-refractivity contribution < 1.29 is 27.6 Å². The molecule has 0 bridgehead atoms. The SMILES string of the molecule is CC1(C)[C@@H]2[C@@H](C(=O)NC(C#N)C[C@@H]3CCNC3=O)N(C(=O)c3nc(C(F)(F)F)cs3)C[C@@H]21. The normalized spacial score (nSPS) is 29.1. The Balaban J connectivity index is 1.51. The van der Waals surface area contributed by atoms with Gasteiger partial charge in [0, 0.05) is 24.4 Å². The van der Waals surface area contributed by atoms with Crippen molar-refractivity contribution in [1.29, 1.82) is 5.26 Å². The van der Waals surface area contributed by atoms with Crippen molar-refractivity contribution >= 4 is 29.1 Å². The van der Waals surface area contributed by atoms with Gasteiger partial charge >= 0.3 is 6.18 Å². The smallest absolute Gasteiger partial charge is 0.356 e. The lowest BCUT2D eigenvalue weighted by atomic mass is 9.97. The van der Waals surface area contributed by atoms with Crippen LogP contribution >= 0.6 is 11.3 Å². The van der Waals surface area contributed by atoms with Gasteiger partial charge in [-0.25, -0.2) is 4.98 Å². The van der Waals surface area contributed by atoms with Crippen molar-refractivity contribution in [2.45, 2.75) is 44.9 Å². The highest BCUT2D eigenvalue weighted by molar-refractivity contribution is 7.11. The number of amides is 3. The molecule has 0 aromatic carbocycles. The molecule has 172 valence electrons. The van der Waals surface area contributed by atoms with E-state index >= 15 is 0 Å². The fourth-order valence-corrected chi connectivity index (χ4v) is 5.75. The predicted octanol–water partition coefficient (Wildman–Crippen LogP) is 1.79. The number of alkyl halides is 3. The number of nitrogens with zero attached hydrogens (tertiary/aromatic N) is 3. The standard InChI is InChI=1S/C20H22F3N5O3S/c1-19(2)11-7-28(18(31)17-27-12(8-32-17)20(21,22)23)14(13(11)19)16(30)26-10(6-24)5-9-3-4-25-15(9)29/h8-11,13-14H,3-5,7H2,1-2H3,(H,25,29)(H,26,30)/t9-,10?,11-,13-,14-/m0/s1. The first-order valence-corrected chi connectivity index (χ1v) is 11.1. The van der Waals surface area contributed by atoms with E-state index in [9.17, 15) is 32.8 Å². The highest BCUT2D eigenvalue weighted by Gasteiger charge is 2.69. The largest absolute Gasteiger partial charge is 0.434 e. The molecular formula is C20H22F3N5O3S. The first kappa shape index (κ1) is 22.5. The van der Waals surface area contributed by atoms with E-state index in [1.807, 2.05) is 19.9 Å². The zero-order chi connectivity index (χ0) is 23.4. The van der Waals surface area contributed by atoms with Gasteiger partial charge in [-0.05, 0) is 30.1 Å². The van der Waals surface area contributed by atoms with Crippen LogP contribution in [0.4, 0.5) is 13.2 Å². The number of rotatable bonds is 5. The molecule has 0 radical (unpaired) electrons. The number of piperidine rings is 1. The van der Waals surface area contributed by atoms with E-state index < -0.39 is 35.8 Å². The van der Waals surface area contributed by atoms with Crippen molar-refractivity contribution in [3.05, 3.63) is 16.1 Å². The molecular weight excluding hydrogens is 447 g/mol. The summed E-state index contributed by atoms with van der Waals surface area (Å²) in [5.74, 6) is -1.92. The minimum absolute atomic E-state index is 0.0328. The number of carbonyl (C=O) groups is 3. The molecule has 1 aromatic rings. The molecule has 5 atom stereocenters. The van der Waals surface area contributed by atoms with E-state index in [2.05, 4.69) is 15.6 Å². The zero-order valence-electron chi connectivity index (χ0n) is 17.4. The summed E-state index contributed by atoms with van der Waals surface area (Å²) in [5, 5.41) is 15.3. The van der Waals surface area contributed by atoms with Gasteiger partial charge in [0.15, 0.2) is 10.7 Å². The molecule has 3 amide bonds. The Hall–Kier alpha value is -2.68. The molecule has 12 heteroatoms. The maximum absolute atomic E-state index is 13.2. The summed E-state index contributed by atoms with van der Waals surface area (Å²) in [6.07, 6.45) is -3.93. The van der Waals surface area contributed by atoms with E-state index in [4.69, 9.17) is 0 Å². The fraction of sp³-hybridized carbons (Fsp3) is 0.650. The zero-order valence-corrected chi connectivity index (χ0v) is 18.2. The first-order chi connectivity index (χ1) is 14.9. The summed E-state index contributed by atoms with van der Waals surface area (Å²) < 4.78 is 38.7. The molecule has 3 heterocycles. The van der Waals surface area contributed by atoms with Crippen molar-refractivity contribution in [3.63, 3.8) is 0 Å². The molecule has 32 heavy (non-hydrogen) atoms. The maximum Gasteiger partial charge on any atom is 0.434 e. The van der Waals surface area contributed by atoms with Gasteiger partial charge in [0.25, 0.3) is 5.91 Å². The molecule has 3 fully saturated rings. The Morgan fingerprint density at radius 2 is 2.19 bits per heavy atom. The Labute approximate surface area is 186 Å². The summed E-state index contributed by atoms with van der Waals surface area (Å²) in [6, 6.07) is 0.179. The average molecular weight is 469 g/mol. The third-order valence-electron chi connectivity index (χ3n) is 6.87. The van der Waals surface area contributed by atoms with Gasteiger partial charge < -0.3 is 15.5 Å². The highest BCUT2D eigenvalue weighted by Crippen LogP contribution is 2.65. The molecule has 2 N–H and O–H groups in total. The Morgan fingerprint density at radius 1 is 1.47 bits per heavy atom. The highest BCUT2D eigenvalue weighted by atomic mass is 32.1. The van der Waals surface area contributed by atoms with Crippen molar-refractivity contribution in [1.82, 2.24) is 20.5 Å². The molecule has 2 aliphatic heterocycles. The lowest BCUT2D eigenvalue weighted by Gasteiger charge is -2.30. The number of aromatic nitrogens is 1. The van der Waals surface area contributed by atoms with Gasteiger partial charge in [-0.15, -0.1) is 11.3 Å². The second kappa shape index (κ2) is 7.72. The topological polar surface area (TPSA) is 115 Å². The Morgan fingerprint density at radius 3 is 2.75 bits per heavy atom. The third kappa shape index (κ3) is 3.83. The molecule has 8 nitrogen and oxygen atoms in total. The first-order valence-electron chi connectivity index (χ1n) is 10.3. The fourth-order valence-electron chi connectivity index (χ4n) is 4.98. The second-order valence-corrected chi connectivity index (χ2v) is 9.95. The van der Waals surface area contributed by atoms with Crippen LogP contribution in [0.15, 0.2) is 5.38 Å². The van der Waals surface area contributed by atoms with E-state index in [0.29, 0.717) is 24.3 Å². The average Bonchev–Trinajstić information content (AvgIpc) is 3.26. The van der Waals surface area contributed by atoms with Gasteiger partial charge in [0.05, 0.1) is 6.07 Å². The monoisotopic (exact) mass is 469 g/mol. The third-order valence-corrected chi connectivity index (χ3v) is 7.70. The molecule has 0 spiro atoms. The van der Waals surface area contributed by atoms with Crippen LogP contribution in [0.5, 0.6) is 0 Å². The lowest BCUT2D eigenvalue weighted by molar-refractivity contribution is -0.140. The number of halogens is 3. The van der Waals surface area contributed by atoms with Crippen molar-refractivity contribution in [2.75, 3.05) is 13.1 Å². The van der Waals surface area contributed by atoms with Crippen molar-refractivity contribution in [2.24, 2.45) is 23.2 Å². The van der Waals surface area contributed by atoms with Gasteiger partial charge in [-0.3, -0.25) is 14.4 Å². The lowest BCUT2D eigenvalue weighted by Crippen LogP contribution is -2.52. The number of hydrogen-bond acceptors (Lipinski definition) is 6. The van der Waals surface area contributed by atoms with E-state index in [-0.39, 0.29) is 47.0 Å². The summed E-state index contributed by atoms with van der Waals surface area (Å²) in [5.41, 5.74) is -1.34. The van der Waals surface area contributed by atoms with Crippen LogP contribution in [-0.2, 0) is 15.8 Å². The van der Waals surface area contributed by atoms with Crippen LogP contribution in [0.2, 0.25) is 0 Å².